The van der Waals surface area contributed by atoms with Crippen molar-refractivity contribution >= 4 is 23.2 Å². The summed E-state index contributed by atoms with van der Waals surface area (Å²) in [4.78, 5) is 3.98. The fourth-order valence-electron chi connectivity index (χ4n) is 1.54. The van der Waals surface area contributed by atoms with Crippen LogP contribution in [0.5, 0.6) is 0 Å². The SMILES string of the molecule is Clc1cccc(Cl)c1CNCCn1ccnc1. The first-order valence-corrected chi connectivity index (χ1v) is 6.12. The summed E-state index contributed by atoms with van der Waals surface area (Å²) in [5.41, 5.74) is 0.946. The van der Waals surface area contributed by atoms with E-state index in [1.807, 2.05) is 29.0 Å². The van der Waals surface area contributed by atoms with E-state index < -0.39 is 0 Å². The Hall–Kier alpha value is -1.03. The quantitative estimate of drug-likeness (QED) is 0.846. The first-order valence-electron chi connectivity index (χ1n) is 5.36. The molecule has 0 unspecified atom stereocenters. The highest BCUT2D eigenvalue weighted by Crippen LogP contribution is 2.23. The molecule has 0 saturated heterocycles. The molecule has 0 saturated carbocycles. The third-order valence-electron chi connectivity index (χ3n) is 2.47. The van der Waals surface area contributed by atoms with Gasteiger partial charge in [0.2, 0.25) is 0 Å². The Kier molecular flexibility index (Phi) is 4.42. The number of halogens is 2. The molecule has 0 spiro atoms. The van der Waals surface area contributed by atoms with E-state index in [4.69, 9.17) is 23.2 Å². The van der Waals surface area contributed by atoms with Gasteiger partial charge < -0.3 is 9.88 Å². The molecule has 2 aromatic rings. The number of aromatic nitrogens is 2. The van der Waals surface area contributed by atoms with Crippen LogP contribution < -0.4 is 5.32 Å². The van der Waals surface area contributed by atoms with Crippen LogP contribution in [-0.4, -0.2) is 16.1 Å². The first-order chi connectivity index (χ1) is 8.27. The van der Waals surface area contributed by atoms with Gasteiger partial charge in [0, 0.05) is 47.6 Å². The molecular weight excluding hydrogens is 257 g/mol. The lowest BCUT2D eigenvalue weighted by molar-refractivity contribution is 0.597. The molecule has 2 rings (SSSR count). The summed E-state index contributed by atoms with van der Waals surface area (Å²) in [6.07, 6.45) is 5.50. The van der Waals surface area contributed by atoms with Gasteiger partial charge in [-0.15, -0.1) is 0 Å². The molecule has 1 heterocycles. The standard InChI is InChI=1S/C12H13Cl2N3/c13-11-2-1-3-12(14)10(11)8-15-4-6-17-7-5-16-9-17/h1-3,5,7,9,15H,4,6,8H2. The van der Waals surface area contributed by atoms with Crippen molar-refractivity contribution in [2.75, 3.05) is 6.54 Å². The predicted molar refractivity (Wildman–Crippen MR) is 70.4 cm³/mol. The smallest absolute Gasteiger partial charge is 0.0946 e. The molecule has 0 fully saturated rings. The van der Waals surface area contributed by atoms with E-state index in [1.54, 1.807) is 12.5 Å². The third kappa shape index (κ3) is 3.46. The summed E-state index contributed by atoms with van der Waals surface area (Å²) in [5.74, 6) is 0. The second-order valence-corrected chi connectivity index (χ2v) is 4.49. The van der Waals surface area contributed by atoms with Crippen molar-refractivity contribution in [3.63, 3.8) is 0 Å². The molecule has 0 aliphatic heterocycles. The number of rotatable bonds is 5. The van der Waals surface area contributed by atoms with Crippen molar-refractivity contribution in [2.24, 2.45) is 0 Å². The zero-order valence-electron chi connectivity index (χ0n) is 9.24. The normalized spacial score (nSPS) is 10.7. The van der Waals surface area contributed by atoms with E-state index in [1.165, 1.54) is 0 Å². The van der Waals surface area contributed by atoms with Crippen LogP contribution in [0, 0.1) is 0 Å². The number of benzene rings is 1. The number of nitrogens with one attached hydrogen (secondary N) is 1. The maximum Gasteiger partial charge on any atom is 0.0946 e. The fourth-order valence-corrected chi connectivity index (χ4v) is 2.07. The average Bonchev–Trinajstić information content (AvgIpc) is 2.80. The van der Waals surface area contributed by atoms with E-state index in [0.29, 0.717) is 16.6 Å². The summed E-state index contributed by atoms with van der Waals surface area (Å²) < 4.78 is 2.02. The number of hydrogen-bond acceptors (Lipinski definition) is 2. The summed E-state index contributed by atoms with van der Waals surface area (Å²) >= 11 is 12.1. The van der Waals surface area contributed by atoms with Crippen molar-refractivity contribution in [1.82, 2.24) is 14.9 Å². The minimum Gasteiger partial charge on any atom is -0.336 e. The van der Waals surface area contributed by atoms with Crippen LogP contribution in [-0.2, 0) is 13.1 Å². The van der Waals surface area contributed by atoms with E-state index in [-0.39, 0.29) is 0 Å². The van der Waals surface area contributed by atoms with Crippen molar-refractivity contribution in [3.8, 4) is 0 Å². The van der Waals surface area contributed by atoms with Crippen molar-refractivity contribution < 1.29 is 0 Å². The average molecular weight is 270 g/mol. The third-order valence-corrected chi connectivity index (χ3v) is 3.18. The monoisotopic (exact) mass is 269 g/mol. The van der Waals surface area contributed by atoms with Crippen LogP contribution in [0.2, 0.25) is 10.0 Å². The molecule has 90 valence electrons. The highest BCUT2D eigenvalue weighted by molar-refractivity contribution is 6.35. The number of imidazole rings is 1. The lowest BCUT2D eigenvalue weighted by Gasteiger charge is -2.08. The van der Waals surface area contributed by atoms with Crippen molar-refractivity contribution in [1.29, 1.82) is 0 Å². The minimum absolute atomic E-state index is 0.674. The van der Waals surface area contributed by atoms with E-state index in [0.717, 1.165) is 18.7 Å². The molecule has 0 aliphatic carbocycles. The molecule has 0 amide bonds. The first kappa shape index (κ1) is 12.4. The van der Waals surface area contributed by atoms with Gasteiger partial charge in [0.25, 0.3) is 0 Å². The Morgan fingerprint density at radius 3 is 2.65 bits per heavy atom. The summed E-state index contributed by atoms with van der Waals surface area (Å²) in [5, 5.41) is 4.71. The molecule has 1 aromatic carbocycles. The van der Waals surface area contributed by atoms with Gasteiger partial charge >= 0.3 is 0 Å². The van der Waals surface area contributed by atoms with Gasteiger partial charge in [-0.2, -0.15) is 0 Å². The van der Waals surface area contributed by atoms with Crippen molar-refractivity contribution in [2.45, 2.75) is 13.1 Å². The molecule has 5 heteroatoms. The molecule has 1 N–H and O–H groups in total. The van der Waals surface area contributed by atoms with Crippen LogP contribution in [0.1, 0.15) is 5.56 Å². The zero-order chi connectivity index (χ0) is 12.1. The predicted octanol–water partition coefficient (Wildman–Crippen LogP) is 2.98. The Morgan fingerprint density at radius 2 is 2.00 bits per heavy atom. The second kappa shape index (κ2) is 6.05. The van der Waals surface area contributed by atoms with Gasteiger partial charge in [-0.3, -0.25) is 0 Å². The molecule has 17 heavy (non-hydrogen) atoms. The van der Waals surface area contributed by atoms with Crippen molar-refractivity contribution in [3.05, 3.63) is 52.5 Å². The van der Waals surface area contributed by atoms with Crippen LogP contribution in [0.3, 0.4) is 0 Å². The highest BCUT2D eigenvalue weighted by Gasteiger charge is 2.04. The summed E-state index contributed by atoms with van der Waals surface area (Å²) in [7, 11) is 0. The zero-order valence-corrected chi connectivity index (χ0v) is 10.7. The molecular formula is C12H13Cl2N3. The Balaban J connectivity index is 1.82. The Labute approximate surface area is 110 Å². The lowest BCUT2D eigenvalue weighted by Crippen LogP contribution is -2.19. The molecule has 1 aromatic heterocycles. The number of hydrogen-bond donors (Lipinski definition) is 1. The van der Waals surface area contributed by atoms with Gasteiger partial charge in [-0.1, -0.05) is 29.3 Å². The molecule has 0 bridgehead atoms. The topological polar surface area (TPSA) is 29.9 Å². The minimum atomic E-state index is 0.674. The van der Waals surface area contributed by atoms with Gasteiger partial charge in [-0.05, 0) is 12.1 Å². The molecule has 0 aliphatic rings. The van der Waals surface area contributed by atoms with E-state index in [2.05, 4.69) is 10.3 Å². The molecule has 0 radical (unpaired) electrons. The Morgan fingerprint density at radius 1 is 1.24 bits per heavy atom. The van der Waals surface area contributed by atoms with Crippen LogP contribution >= 0.6 is 23.2 Å². The second-order valence-electron chi connectivity index (χ2n) is 3.68. The Bertz CT molecular complexity index is 448. The van der Waals surface area contributed by atoms with Crippen LogP contribution in [0.15, 0.2) is 36.9 Å². The van der Waals surface area contributed by atoms with Gasteiger partial charge in [0.1, 0.15) is 0 Å². The fraction of sp³-hybridized carbons (Fsp3) is 0.250. The summed E-state index contributed by atoms with van der Waals surface area (Å²) in [6.45, 7) is 2.40. The largest absolute Gasteiger partial charge is 0.336 e. The lowest BCUT2D eigenvalue weighted by atomic mass is 10.2. The van der Waals surface area contributed by atoms with E-state index in [9.17, 15) is 0 Å². The maximum atomic E-state index is 6.07. The van der Waals surface area contributed by atoms with Gasteiger partial charge in [0.15, 0.2) is 0 Å². The van der Waals surface area contributed by atoms with Gasteiger partial charge in [-0.25, -0.2) is 4.98 Å². The van der Waals surface area contributed by atoms with Crippen LogP contribution in [0.4, 0.5) is 0 Å². The molecule has 3 nitrogen and oxygen atoms in total. The van der Waals surface area contributed by atoms with Gasteiger partial charge in [0.05, 0.1) is 6.33 Å². The highest BCUT2D eigenvalue weighted by atomic mass is 35.5. The number of nitrogens with zero attached hydrogens (tertiary/aromatic N) is 2. The summed E-state index contributed by atoms with van der Waals surface area (Å²) in [6, 6.07) is 5.54. The van der Waals surface area contributed by atoms with E-state index >= 15 is 0 Å². The molecule has 0 atom stereocenters. The maximum absolute atomic E-state index is 6.07. The van der Waals surface area contributed by atoms with Crippen LogP contribution in [0.25, 0.3) is 0 Å².